The first-order chi connectivity index (χ1) is 16.4. The lowest BCUT2D eigenvalue weighted by atomic mass is 10.1. The minimum absolute atomic E-state index is 0.0575. The van der Waals surface area contributed by atoms with E-state index in [1.807, 2.05) is 61.5 Å². The SMILES string of the molecule is COc1ccc(S(=O)(=O)N2CCOCC2)cc1C(=O)N(Cc1ccccc1)c1ccc(C)cc1. The molecule has 1 amide bonds. The zero-order chi connectivity index (χ0) is 24.1. The van der Waals surface area contributed by atoms with E-state index in [0.717, 1.165) is 11.1 Å². The highest BCUT2D eigenvalue weighted by Gasteiger charge is 2.29. The Morgan fingerprint density at radius 3 is 2.32 bits per heavy atom. The highest BCUT2D eigenvalue weighted by molar-refractivity contribution is 7.89. The van der Waals surface area contributed by atoms with Crippen LogP contribution in [0.15, 0.2) is 77.7 Å². The number of benzene rings is 3. The molecule has 7 nitrogen and oxygen atoms in total. The summed E-state index contributed by atoms with van der Waals surface area (Å²) in [6, 6.07) is 21.7. The molecule has 0 N–H and O–H groups in total. The van der Waals surface area contributed by atoms with Crippen LogP contribution in [0.4, 0.5) is 5.69 Å². The van der Waals surface area contributed by atoms with Crippen molar-refractivity contribution in [1.29, 1.82) is 0 Å². The van der Waals surface area contributed by atoms with E-state index < -0.39 is 10.0 Å². The molecule has 0 saturated carbocycles. The van der Waals surface area contributed by atoms with Gasteiger partial charge in [-0.1, -0.05) is 48.0 Å². The van der Waals surface area contributed by atoms with Gasteiger partial charge >= 0.3 is 0 Å². The Morgan fingerprint density at radius 1 is 1.00 bits per heavy atom. The molecule has 0 bridgehead atoms. The normalized spacial score (nSPS) is 14.5. The van der Waals surface area contributed by atoms with Crippen LogP contribution in [0, 0.1) is 6.92 Å². The fraction of sp³-hybridized carbons (Fsp3) is 0.269. The van der Waals surface area contributed by atoms with Crippen molar-refractivity contribution in [2.45, 2.75) is 18.4 Å². The fourth-order valence-electron chi connectivity index (χ4n) is 3.87. The first-order valence-electron chi connectivity index (χ1n) is 11.1. The molecule has 0 spiro atoms. The van der Waals surface area contributed by atoms with Crippen molar-refractivity contribution < 1.29 is 22.7 Å². The minimum Gasteiger partial charge on any atom is -0.496 e. The molecule has 3 aromatic rings. The smallest absolute Gasteiger partial charge is 0.262 e. The van der Waals surface area contributed by atoms with Gasteiger partial charge in [0.15, 0.2) is 0 Å². The molecule has 1 heterocycles. The lowest BCUT2D eigenvalue weighted by Gasteiger charge is -2.27. The van der Waals surface area contributed by atoms with Crippen LogP contribution in [0.3, 0.4) is 0 Å². The van der Waals surface area contributed by atoms with Crippen LogP contribution in [0.25, 0.3) is 0 Å². The molecule has 178 valence electrons. The molecule has 1 saturated heterocycles. The zero-order valence-electron chi connectivity index (χ0n) is 19.3. The number of morpholine rings is 1. The van der Waals surface area contributed by atoms with Gasteiger partial charge in [0.05, 0.1) is 37.3 Å². The van der Waals surface area contributed by atoms with Gasteiger partial charge in [0.25, 0.3) is 5.91 Å². The number of aryl methyl sites for hydroxylation is 1. The lowest BCUT2D eigenvalue weighted by molar-refractivity contribution is 0.0730. The Morgan fingerprint density at radius 2 is 1.68 bits per heavy atom. The van der Waals surface area contributed by atoms with Crippen molar-refractivity contribution in [3.05, 3.63) is 89.5 Å². The molecule has 3 aromatic carbocycles. The molecular weight excluding hydrogens is 452 g/mol. The number of carbonyl (C=O) groups excluding carboxylic acids is 1. The van der Waals surface area contributed by atoms with E-state index in [1.165, 1.54) is 29.6 Å². The van der Waals surface area contributed by atoms with Crippen molar-refractivity contribution in [2.24, 2.45) is 0 Å². The maximum Gasteiger partial charge on any atom is 0.262 e. The molecule has 1 fully saturated rings. The second kappa shape index (κ2) is 10.4. The lowest BCUT2D eigenvalue weighted by Crippen LogP contribution is -2.40. The molecule has 34 heavy (non-hydrogen) atoms. The Kier molecular flexibility index (Phi) is 7.31. The zero-order valence-corrected chi connectivity index (χ0v) is 20.1. The molecule has 0 unspecified atom stereocenters. The second-order valence-electron chi connectivity index (χ2n) is 8.09. The maximum absolute atomic E-state index is 13.9. The van der Waals surface area contributed by atoms with Crippen molar-refractivity contribution >= 4 is 21.6 Å². The number of amides is 1. The number of methoxy groups -OCH3 is 1. The maximum atomic E-state index is 13.9. The van der Waals surface area contributed by atoms with Gasteiger partial charge in [0, 0.05) is 18.8 Å². The topological polar surface area (TPSA) is 76.1 Å². The van der Waals surface area contributed by atoms with Crippen LogP contribution in [-0.2, 0) is 21.3 Å². The van der Waals surface area contributed by atoms with Gasteiger partial charge in [-0.25, -0.2) is 8.42 Å². The Balaban J connectivity index is 1.75. The summed E-state index contributed by atoms with van der Waals surface area (Å²) in [5.41, 5.74) is 2.93. The van der Waals surface area contributed by atoms with Gasteiger partial charge in [0.1, 0.15) is 5.75 Å². The number of nitrogens with zero attached hydrogens (tertiary/aromatic N) is 2. The molecule has 0 atom stereocenters. The van der Waals surface area contributed by atoms with Gasteiger partial charge in [-0.2, -0.15) is 4.31 Å². The van der Waals surface area contributed by atoms with Crippen LogP contribution in [0.1, 0.15) is 21.5 Å². The molecule has 8 heteroatoms. The average molecular weight is 481 g/mol. The van der Waals surface area contributed by atoms with Gasteiger partial charge in [-0.15, -0.1) is 0 Å². The number of anilines is 1. The van der Waals surface area contributed by atoms with E-state index in [2.05, 4.69) is 0 Å². The van der Waals surface area contributed by atoms with Crippen LogP contribution >= 0.6 is 0 Å². The number of rotatable bonds is 7. The highest BCUT2D eigenvalue weighted by Crippen LogP contribution is 2.29. The summed E-state index contributed by atoms with van der Waals surface area (Å²) in [5, 5.41) is 0. The Hall–Kier alpha value is -3.20. The largest absolute Gasteiger partial charge is 0.496 e. The predicted octanol–water partition coefficient (Wildman–Crippen LogP) is 3.87. The number of hydrogen-bond acceptors (Lipinski definition) is 5. The van der Waals surface area contributed by atoms with E-state index in [1.54, 1.807) is 4.90 Å². The summed E-state index contributed by atoms with van der Waals surface area (Å²) < 4.78 is 38.6. The molecule has 1 aliphatic rings. The third-order valence-corrected chi connectivity index (χ3v) is 7.68. The van der Waals surface area contributed by atoms with E-state index in [4.69, 9.17) is 9.47 Å². The summed E-state index contributed by atoms with van der Waals surface area (Å²) in [6.45, 7) is 3.56. The highest BCUT2D eigenvalue weighted by atomic mass is 32.2. The van der Waals surface area contributed by atoms with Crippen molar-refractivity contribution in [1.82, 2.24) is 4.31 Å². The first-order valence-corrected chi connectivity index (χ1v) is 12.5. The fourth-order valence-corrected chi connectivity index (χ4v) is 5.30. The van der Waals surface area contributed by atoms with Gasteiger partial charge < -0.3 is 14.4 Å². The molecule has 1 aliphatic heterocycles. The van der Waals surface area contributed by atoms with Crippen LogP contribution in [0.5, 0.6) is 5.75 Å². The number of hydrogen-bond donors (Lipinski definition) is 0. The summed E-state index contributed by atoms with van der Waals surface area (Å²) in [5.74, 6) is -0.0281. The molecule has 0 radical (unpaired) electrons. The molecule has 0 aliphatic carbocycles. The third kappa shape index (κ3) is 5.14. The quantitative estimate of drug-likeness (QED) is 0.513. The Labute approximate surface area is 200 Å². The van der Waals surface area contributed by atoms with Gasteiger partial charge in [-0.05, 0) is 42.8 Å². The van der Waals surface area contributed by atoms with Crippen LogP contribution in [-0.4, -0.2) is 52.0 Å². The monoisotopic (exact) mass is 480 g/mol. The van der Waals surface area contributed by atoms with E-state index in [-0.39, 0.29) is 29.5 Å². The summed E-state index contributed by atoms with van der Waals surface area (Å²) in [4.78, 5) is 15.6. The van der Waals surface area contributed by atoms with Gasteiger partial charge in [0.2, 0.25) is 10.0 Å². The summed E-state index contributed by atoms with van der Waals surface area (Å²) in [6.07, 6.45) is 0. The number of carbonyl (C=O) groups is 1. The average Bonchev–Trinajstić information content (AvgIpc) is 2.88. The first kappa shape index (κ1) is 23.9. The number of ether oxygens (including phenoxy) is 2. The van der Waals surface area contributed by atoms with Crippen LogP contribution < -0.4 is 9.64 Å². The second-order valence-corrected chi connectivity index (χ2v) is 10.0. The summed E-state index contributed by atoms with van der Waals surface area (Å²) >= 11 is 0. The van der Waals surface area contributed by atoms with E-state index >= 15 is 0 Å². The van der Waals surface area contributed by atoms with Crippen LogP contribution in [0.2, 0.25) is 0 Å². The van der Waals surface area contributed by atoms with Crippen molar-refractivity contribution in [3.8, 4) is 5.75 Å². The van der Waals surface area contributed by atoms with E-state index in [9.17, 15) is 13.2 Å². The van der Waals surface area contributed by atoms with Crippen molar-refractivity contribution in [3.63, 3.8) is 0 Å². The van der Waals surface area contributed by atoms with E-state index in [0.29, 0.717) is 31.2 Å². The molecular formula is C26H28N2O5S. The summed E-state index contributed by atoms with van der Waals surface area (Å²) in [7, 11) is -2.30. The van der Waals surface area contributed by atoms with Gasteiger partial charge in [-0.3, -0.25) is 4.79 Å². The Bertz CT molecular complexity index is 1240. The third-order valence-electron chi connectivity index (χ3n) is 5.78. The molecule has 0 aromatic heterocycles. The molecule has 4 rings (SSSR count). The van der Waals surface area contributed by atoms with Crippen molar-refractivity contribution in [2.75, 3.05) is 38.3 Å². The minimum atomic E-state index is -3.77. The standard InChI is InChI=1S/C26H28N2O5S/c1-20-8-10-22(11-9-20)28(19-21-6-4-3-5-7-21)26(29)24-18-23(12-13-25(24)32-2)34(30,31)27-14-16-33-17-15-27/h3-13,18H,14-17,19H2,1-2H3. The number of sulfonamides is 1. The predicted molar refractivity (Wildman–Crippen MR) is 131 cm³/mol.